The summed E-state index contributed by atoms with van der Waals surface area (Å²) in [5.41, 5.74) is 4.08. The molecule has 0 bridgehead atoms. The summed E-state index contributed by atoms with van der Waals surface area (Å²) in [5.74, 6) is 0.941. The minimum Gasteiger partial charge on any atom is -0.497 e. The van der Waals surface area contributed by atoms with Crippen molar-refractivity contribution in [3.63, 3.8) is 0 Å². The number of nitrogens with zero attached hydrogens (tertiary/aromatic N) is 1. The van der Waals surface area contributed by atoms with E-state index in [-0.39, 0.29) is 11.9 Å². The lowest BCUT2D eigenvalue weighted by Gasteiger charge is -2.22. The molecule has 0 N–H and O–H groups in total. The van der Waals surface area contributed by atoms with E-state index in [0.29, 0.717) is 6.54 Å². The summed E-state index contributed by atoms with van der Waals surface area (Å²) < 4.78 is 6.20. The van der Waals surface area contributed by atoms with Crippen molar-refractivity contribution in [3.8, 4) is 5.75 Å². The van der Waals surface area contributed by atoms with Crippen LogP contribution in [0.2, 0.25) is 0 Å². The topological polar surface area (TPSA) is 29.5 Å². The molecular formula is C18H18BrNO2. The van der Waals surface area contributed by atoms with Gasteiger partial charge in [-0.15, -0.1) is 0 Å². The Bertz CT molecular complexity index is 725. The molecule has 0 radical (unpaired) electrons. The average Bonchev–Trinajstić information content (AvgIpc) is 2.73. The first-order valence-corrected chi connectivity index (χ1v) is 8.04. The second-order valence-electron chi connectivity index (χ2n) is 5.64. The molecule has 0 fully saturated rings. The van der Waals surface area contributed by atoms with E-state index in [1.807, 2.05) is 42.2 Å². The predicted molar refractivity (Wildman–Crippen MR) is 90.2 cm³/mol. The van der Waals surface area contributed by atoms with Crippen molar-refractivity contribution in [3.05, 3.63) is 63.1 Å². The van der Waals surface area contributed by atoms with Crippen molar-refractivity contribution in [2.45, 2.75) is 26.4 Å². The number of carbonyl (C=O) groups is 1. The monoisotopic (exact) mass is 359 g/mol. The summed E-state index contributed by atoms with van der Waals surface area (Å²) in [6.07, 6.45) is 0. The molecule has 1 aliphatic heterocycles. The van der Waals surface area contributed by atoms with Crippen LogP contribution in [-0.4, -0.2) is 17.9 Å². The SMILES string of the molecule is COc1ccc(CN2C(=O)c3c(C)cc(Br)cc3C2C)cc1. The Hall–Kier alpha value is -1.81. The fourth-order valence-corrected chi connectivity index (χ4v) is 3.60. The summed E-state index contributed by atoms with van der Waals surface area (Å²) in [6.45, 7) is 4.68. The Kier molecular flexibility index (Phi) is 3.96. The van der Waals surface area contributed by atoms with E-state index >= 15 is 0 Å². The molecule has 0 spiro atoms. The zero-order valence-electron chi connectivity index (χ0n) is 12.9. The summed E-state index contributed by atoms with van der Waals surface area (Å²) in [5, 5.41) is 0. The van der Waals surface area contributed by atoms with Gasteiger partial charge in [-0.2, -0.15) is 0 Å². The molecule has 114 valence electrons. The van der Waals surface area contributed by atoms with Crippen molar-refractivity contribution < 1.29 is 9.53 Å². The van der Waals surface area contributed by atoms with E-state index in [1.54, 1.807) is 7.11 Å². The summed E-state index contributed by atoms with van der Waals surface area (Å²) in [4.78, 5) is 14.7. The summed E-state index contributed by atoms with van der Waals surface area (Å²) in [6, 6.07) is 12.0. The van der Waals surface area contributed by atoms with Crippen molar-refractivity contribution in [1.29, 1.82) is 0 Å². The van der Waals surface area contributed by atoms with E-state index in [2.05, 4.69) is 28.9 Å². The van der Waals surface area contributed by atoms with Gasteiger partial charge in [0.05, 0.1) is 13.2 Å². The number of ether oxygens (including phenoxy) is 1. The van der Waals surface area contributed by atoms with Crippen LogP contribution >= 0.6 is 15.9 Å². The number of halogens is 1. The summed E-state index contributed by atoms with van der Waals surface area (Å²) >= 11 is 3.52. The zero-order chi connectivity index (χ0) is 15.9. The van der Waals surface area contributed by atoms with E-state index < -0.39 is 0 Å². The Labute approximate surface area is 139 Å². The molecule has 22 heavy (non-hydrogen) atoms. The molecule has 1 heterocycles. The van der Waals surface area contributed by atoms with Crippen LogP contribution < -0.4 is 4.74 Å². The van der Waals surface area contributed by atoms with Gasteiger partial charge in [-0.1, -0.05) is 28.1 Å². The summed E-state index contributed by atoms with van der Waals surface area (Å²) in [7, 11) is 1.65. The maximum absolute atomic E-state index is 12.8. The third-order valence-corrected chi connectivity index (χ3v) is 4.69. The van der Waals surface area contributed by atoms with Crippen molar-refractivity contribution in [1.82, 2.24) is 4.90 Å². The Morgan fingerprint density at radius 3 is 2.55 bits per heavy atom. The number of aryl methyl sites for hydroxylation is 1. The fraction of sp³-hybridized carbons (Fsp3) is 0.278. The standard InChI is InChI=1S/C18H18BrNO2/c1-11-8-14(19)9-16-12(2)20(18(21)17(11)16)10-13-4-6-15(22-3)7-5-13/h4-9,12H,10H2,1-3H3. The first-order valence-electron chi connectivity index (χ1n) is 7.25. The molecule has 1 unspecified atom stereocenters. The molecule has 1 amide bonds. The molecule has 3 rings (SSSR count). The Balaban J connectivity index is 1.90. The van der Waals surface area contributed by atoms with E-state index in [4.69, 9.17) is 4.74 Å². The maximum atomic E-state index is 12.8. The highest BCUT2D eigenvalue weighted by Gasteiger charge is 2.35. The lowest BCUT2D eigenvalue weighted by molar-refractivity contribution is 0.0722. The highest BCUT2D eigenvalue weighted by Crippen LogP contribution is 2.38. The van der Waals surface area contributed by atoms with Crippen molar-refractivity contribution in [2.75, 3.05) is 7.11 Å². The minimum absolute atomic E-state index is 0.0841. The predicted octanol–water partition coefficient (Wildman–Crippen LogP) is 4.48. The number of amides is 1. The van der Waals surface area contributed by atoms with Crippen LogP contribution in [0.3, 0.4) is 0 Å². The molecular weight excluding hydrogens is 342 g/mol. The molecule has 0 saturated carbocycles. The molecule has 1 atom stereocenters. The van der Waals surface area contributed by atoms with Crippen LogP contribution in [0.5, 0.6) is 5.75 Å². The second kappa shape index (κ2) is 5.76. The number of fused-ring (bicyclic) bond motifs is 1. The van der Waals surface area contributed by atoms with Gasteiger partial charge in [-0.25, -0.2) is 0 Å². The average molecular weight is 360 g/mol. The number of hydrogen-bond donors (Lipinski definition) is 0. The van der Waals surface area contributed by atoms with Crippen molar-refractivity contribution in [2.24, 2.45) is 0 Å². The van der Waals surface area contributed by atoms with Gasteiger partial charge in [-0.05, 0) is 54.8 Å². The molecule has 2 aromatic carbocycles. The number of benzene rings is 2. The number of methoxy groups -OCH3 is 1. The Morgan fingerprint density at radius 1 is 1.23 bits per heavy atom. The fourth-order valence-electron chi connectivity index (χ4n) is 3.01. The first kappa shape index (κ1) is 15.1. The molecule has 0 saturated heterocycles. The third kappa shape index (κ3) is 2.52. The lowest BCUT2D eigenvalue weighted by Crippen LogP contribution is -2.26. The lowest BCUT2D eigenvalue weighted by atomic mass is 10.0. The molecule has 3 nitrogen and oxygen atoms in total. The van der Waals surface area contributed by atoms with E-state index in [9.17, 15) is 4.79 Å². The van der Waals surface area contributed by atoms with Gasteiger partial charge >= 0.3 is 0 Å². The van der Waals surface area contributed by atoms with Crippen LogP contribution in [0.1, 0.15) is 40.0 Å². The van der Waals surface area contributed by atoms with Gasteiger partial charge in [0.15, 0.2) is 0 Å². The number of hydrogen-bond acceptors (Lipinski definition) is 2. The molecule has 4 heteroatoms. The second-order valence-corrected chi connectivity index (χ2v) is 6.56. The molecule has 0 aromatic heterocycles. The van der Waals surface area contributed by atoms with Crippen LogP contribution in [0.15, 0.2) is 40.9 Å². The van der Waals surface area contributed by atoms with Crippen LogP contribution in [-0.2, 0) is 6.54 Å². The maximum Gasteiger partial charge on any atom is 0.255 e. The van der Waals surface area contributed by atoms with E-state index in [0.717, 1.165) is 32.5 Å². The smallest absolute Gasteiger partial charge is 0.255 e. The Morgan fingerprint density at radius 2 is 1.91 bits per heavy atom. The number of carbonyl (C=O) groups excluding carboxylic acids is 1. The number of rotatable bonds is 3. The van der Waals surface area contributed by atoms with Gasteiger partial charge in [0.1, 0.15) is 5.75 Å². The third-order valence-electron chi connectivity index (χ3n) is 4.24. The minimum atomic E-state index is 0.0841. The highest BCUT2D eigenvalue weighted by atomic mass is 79.9. The van der Waals surface area contributed by atoms with Crippen LogP contribution in [0.4, 0.5) is 0 Å². The van der Waals surface area contributed by atoms with Gasteiger partial charge in [-0.3, -0.25) is 4.79 Å². The molecule has 2 aromatic rings. The van der Waals surface area contributed by atoms with Crippen LogP contribution in [0, 0.1) is 6.92 Å². The first-order chi connectivity index (χ1) is 10.5. The van der Waals surface area contributed by atoms with Gasteiger partial charge in [0.25, 0.3) is 5.91 Å². The van der Waals surface area contributed by atoms with Gasteiger partial charge < -0.3 is 9.64 Å². The van der Waals surface area contributed by atoms with Crippen LogP contribution in [0.25, 0.3) is 0 Å². The molecule has 0 aliphatic carbocycles. The quantitative estimate of drug-likeness (QED) is 0.808. The van der Waals surface area contributed by atoms with E-state index in [1.165, 1.54) is 0 Å². The van der Waals surface area contributed by atoms with Crippen molar-refractivity contribution >= 4 is 21.8 Å². The van der Waals surface area contributed by atoms with Gasteiger partial charge in [0.2, 0.25) is 0 Å². The normalized spacial score (nSPS) is 16.8. The molecule has 1 aliphatic rings. The van der Waals surface area contributed by atoms with Gasteiger partial charge in [0, 0.05) is 16.6 Å². The zero-order valence-corrected chi connectivity index (χ0v) is 14.5. The largest absolute Gasteiger partial charge is 0.497 e. The highest BCUT2D eigenvalue weighted by molar-refractivity contribution is 9.10.